The molecule has 0 bridgehead atoms. The molecule has 1 aliphatic rings. The van der Waals surface area contributed by atoms with Crippen LogP contribution in [0.15, 0.2) is 84.1 Å². The molecule has 1 aliphatic heterocycles. The van der Waals surface area contributed by atoms with Crippen LogP contribution in [0.4, 0.5) is 5.69 Å². The lowest BCUT2D eigenvalue weighted by atomic mass is 9.94. The molecule has 0 fully saturated rings. The largest absolute Gasteiger partial charge is 0.457 e. The van der Waals surface area contributed by atoms with Gasteiger partial charge in [0.05, 0.1) is 21.7 Å². The molecule has 8 heteroatoms. The Labute approximate surface area is 201 Å². The summed E-state index contributed by atoms with van der Waals surface area (Å²) in [5.74, 6) is 1.09. The van der Waals surface area contributed by atoms with Gasteiger partial charge in [-0.2, -0.15) is 0 Å². The Bertz CT molecular complexity index is 1210. The Hall–Kier alpha value is -3.06. The molecule has 3 aromatic carbocycles. The number of ether oxygens (including phenoxy) is 1. The zero-order valence-corrected chi connectivity index (χ0v) is 19.3. The fourth-order valence-corrected chi connectivity index (χ4v) is 3.97. The monoisotopic (exact) mass is 483 g/mol. The minimum Gasteiger partial charge on any atom is -0.457 e. The zero-order valence-electron chi connectivity index (χ0n) is 17.0. The number of allylic oxidation sites excluding steroid dienone is 1. The topological polar surface area (TPSA) is 62.4 Å². The molecule has 3 N–H and O–H groups in total. The number of carbonyl (C=O) groups is 1. The van der Waals surface area contributed by atoms with Gasteiger partial charge in [0.15, 0.2) is 5.11 Å². The van der Waals surface area contributed by atoms with Crippen molar-refractivity contribution in [1.29, 1.82) is 0 Å². The molecule has 0 radical (unpaired) electrons. The van der Waals surface area contributed by atoms with E-state index in [4.69, 9.17) is 40.2 Å². The number of para-hydroxylation sites is 1. The van der Waals surface area contributed by atoms with Crippen LogP contribution < -0.4 is 20.7 Å². The third kappa shape index (κ3) is 5.05. The molecule has 5 nitrogen and oxygen atoms in total. The molecular formula is C24H19Cl2N3O2S. The van der Waals surface area contributed by atoms with E-state index in [1.165, 1.54) is 0 Å². The number of carbonyl (C=O) groups excluding carboxylic acids is 1. The zero-order chi connectivity index (χ0) is 22.7. The van der Waals surface area contributed by atoms with Crippen LogP contribution in [0.25, 0.3) is 0 Å². The number of anilines is 1. The van der Waals surface area contributed by atoms with Gasteiger partial charge in [0.2, 0.25) is 0 Å². The summed E-state index contributed by atoms with van der Waals surface area (Å²) >= 11 is 17.4. The lowest BCUT2D eigenvalue weighted by Crippen LogP contribution is -2.45. The van der Waals surface area contributed by atoms with Crippen LogP contribution in [0.5, 0.6) is 11.5 Å². The normalized spacial score (nSPS) is 15.6. The number of halogens is 2. The highest BCUT2D eigenvalue weighted by Crippen LogP contribution is 2.32. The van der Waals surface area contributed by atoms with Crippen LogP contribution in [0.2, 0.25) is 10.0 Å². The number of rotatable bonds is 5. The van der Waals surface area contributed by atoms with E-state index >= 15 is 0 Å². The fraction of sp³-hybridized carbons (Fsp3) is 0.0833. The van der Waals surface area contributed by atoms with Crippen molar-refractivity contribution < 1.29 is 9.53 Å². The van der Waals surface area contributed by atoms with Crippen molar-refractivity contribution in [1.82, 2.24) is 10.6 Å². The summed E-state index contributed by atoms with van der Waals surface area (Å²) < 4.78 is 5.96. The van der Waals surface area contributed by atoms with Gasteiger partial charge < -0.3 is 20.7 Å². The Morgan fingerprint density at radius 3 is 2.47 bits per heavy atom. The molecule has 1 amide bonds. The van der Waals surface area contributed by atoms with Crippen LogP contribution in [-0.4, -0.2) is 11.0 Å². The second-order valence-electron chi connectivity index (χ2n) is 7.14. The van der Waals surface area contributed by atoms with Crippen molar-refractivity contribution in [3.8, 4) is 11.5 Å². The summed E-state index contributed by atoms with van der Waals surface area (Å²) in [7, 11) is 0. The Morgan fingerprint density at radius 2 is 1.72 bits per heavy atom. The maximum atomic E-state index is 13.2. The number of amides is 1. The predicted octanol–water partition coefficient (Wildman–Crippen LogP) is 6.22. The van der Waals surface area contributed by atoms with Gasteiger partial charge >= 0.3 is 0 Å². The summed E-state index contributed by atoms with van der Waals surface area (Å²) in [5, 5.41) is 10.3. The Kier molecular flexibility index (Phi) is 6.65. The third-order valence-corrected chi connectivity index (χ3v) is 5.82. The van der Waals surface area contributed by atoms with Crippen LogP contribution in [0.3, 0.4) is 0 Å². The highest BCUT2D eigenvalue weighted by molar-refractivity contribution is 7.80. The van der Waals surface area contributed by atoms with E-state index in [9.17, 15) is 4.79 Å². The van der Waals surface area contributed by atoms with Crippen molar-refractivity contribution in [3.05, 3.63) is 99.7 Å². The minimum atomic E-state index is -0.467. The Balaban J connectivity index is 1.63. The summed E-state index contributed by atoms with van der Waals surface area (Å²) in [5.41, 5.74) is 2.53. The first-order valence-electron chi connectivity index (χ1n) is 9.78. The maximum Gasteiger partial charge on any atom is 0.255 e. The minimum absolute atomic E-state index is 0.289. The maximum absolute atomic E-state index is 13.2. The molecule has 0 saturated heterocycles. The van der Waals surface area contributed by atoms with Gasteiger partial charge in [-0.3, -0.25) is 4.79 Å². The van der Waals surface area contributed by atoms with E-state index in [0.29, 0.717) is 37.9 Å². The van der Waals surface area contributed by atoms with Crippen LogP contribution in [0.1, 0.15) is 18.5 Å². The average Bonchev–Trinajstić information content (AvgIpc) is 2.76. The van der Waals surface area contributed by atoms with Crippen molar-refractivity contribution in [2.75, 3.05) is 5.32 Å². The lowest BCUT2D eigenvalue weighted by molar-refractivity contribution is -0.113. The van der Waals surface area contributed by atoms with Gasteiger partial charge in [-0.05, 0) is 67.2 Å². The molecule has 1 heterocycles. The van der Waals surface area contributed by atoms with Crippen LogP contribution in [0, 0.1) is 0 Å². The predicted molar refractivity (Wildman–Crippen MR) is 132 cm³/mol. The second-order valence-corrected chi connectivity index (χ2v) is 8.36. The molecule has 32 heavy (non-hydrogen) atoms. The number of hydrogen-bond donors (Lipinski definition) is 3. The smallest absolute Gasteiger partial charge is 0.255 e. The molecular weight excluding hydrogens is 465 g/mol. The first-order valence-corrected chi connectivity index (χ1v) is 10.9. The lowest BCUT2D eigenvalue weighted by Gasteiger charge is -2.30. The van der Waals surface area contributed by atoms with Crippen LogP contribution >= 0.6 is 35.4 Å². The van der Waals surface area contributed by atoms with Crippen LogP contribution in [-0.2, 0) is 4.79 Å². The molecule has 0 aromatic heterocycles. The first kappa shape index (κ1) is 22.1. The second kappa shape index (κ2) is 9.61. The number of thiocarbonyl (C=S) groups is 1. The summed E-state index contributed by atoms with van der Waals surface area (Å²) in [6.45, 7) is 1.81. The van der Waals surface area contributed by atoms with Gasteiger partial charge in [0.1, 0.15) is 11.5 Å². The molecule has 162 valence electrons. The van der Waals surface area contributed by atoms with Gasteiger partial charge in [0.25, 0.3) is 5.91 Å². The molecule has 1 unspecified atom stereocenters. The highest BCUT2D eigenvalue weighted by atomic mass is 35.5. The molecule has 0 saturated carbocycles. The van der Waals surface area contributed by atoms with Gasteiger partial charge in [0, 0.05) is 11.4 Å². The number of benzene rings is 3. The molecule has 0 aliphatic carbocycles. The third-order valence-electron chi connectivity index (χ3n) is 4.86. The number of nitrogens with one attached hydrogen (secondary N) is 3. The van der Waals surface area contributed by atoms with E-state index < -0.39 is 6.04 Å². The molecule has 0 spiro atoms. The average molecular weight is 484 g/mol. The quantitative estimate of drug-likeness (QED) is 0.376. The number of hydrogen-bond acceptors (Lipinski definition) is 3. The molecule has 4 rings (SSSR count). The highest BCUT2D eigenvalue weighted by Gasteiger charge is 2.30. The summed E-state index contributed by atoms with van der Waals surface area (Å²) in [4.78, 5) is 13.2. The fourth-order valence-electron chi connectivity index (χ4n) is 3.40. The SMILES string of the molecule is CC1=C(C(=O)Nc2ccc(Cl)c(Cl)c2)C(c2cccc(Oc3ccccc3)c2)NC(=S)N1. The van der Waals surface area contributed by atoms with Gasteiger partial charge in [-0.1, -0.05) is 53.5 Å². The summed E-state index contributed by atoms with van der Waals surface area (Å²) in [6, 6.07) is 21.5. The van der Waals surface area contributed by atoms with E-state index in [1.54, 1.807) is 18.2 Å². The summed E-state index contributed by atoms with van der Waals surface area (Å²) in [6.07, 6.45) is 0. The van der Waals surface area contributed by atoms with E-state index in [0.717, 1.165) is 11.3 Å². The van der Waals surface area contributed by atoms with Crippen molar-refractivity contribution >= 4 is 52.1 Å². The van der Waals surface area contributed by atoms with Gasteiger partial charge in [-0.15, -0.1) is 0 Å². The molecule has 3 aromatic rings. The Morgan fingerprint density at radius 1 is 0.969 bits per heavy atom. The van der Waals surface area contributed by atoms with Gasteiger partial charge in [-0.25, -0.2) is 0 Å². The van der Waals surface area contributed by atoms with E-state index in [-0.39, 0.29) is 5.91 Å². The van der Waals surface area contributed by atoms with Crippen molar-refractivity contribution in [2.24, 2.45) is 0 Å². The first-order chi connectivity index (χ1) is 15.4. The van der Waals surface area contributed by atoms with Crippen molar-refractivity contribution in [2.45, 2.75) is 13.0 Å². The molecule has 1 atom stereocenters. The van der Waals surface area contributed by atoms with Crippen molar-refractivity contribution in [3.63, 3.8) is 0 Å². The van der Waals surface area contributed by atoms with E-state index in [2.05, 4.69) is 16.0 Å². The standard InChI is InChI=1S/C24H19Cl2N3O2S/c1-14-21(23(30)28-16-10-11-19(25)20(26)13-16)22(29-24(32)27-14)15-6-5-9-18(12-15)31-17-7-3-2-4-8-17/h2-13,22H,1H3,(H,28,30)(H2,27,29,32). The van der Waals surface area contributed by atoms with E-state index in [1.807, 2.05) is 61.5 Å².